The van der Waals surface area contributed by atoms with Crippen LogP contribution in [0.5, 0.6) is 11.5 Å². The number of esters is 2. The Morgan fingerprint density at radius 2 is 1.00 bits per heavy atom. The molecule has 0 radical (unpaired) electrons. The summed E-state index contributed by atoms with van der Waals surface area (Å²) in [5, 5.41) is 4.78. The molecule has 0 saturated heterocycles. The van der Waals surface area contributed by atoms with Gasteiger partial charge in [0.1, 0.15) is 24.7 Å². The highest BCUT2D eigenvalue weighted by Gasteiger charge is 2.18. The number of benzene rings is 2. The average molecular weight is 561 g/mol. The van der Waals surface area contributed by atoms with Crippen molar-refractivity contribution in [3.8, 4) is 11.5 Å². The fourth-order valence-electron chi connectivity index (χ4n) is 2.64. The number of sulfone groups is 1. The second-order valence-corrected chi connectivity index (χ2v) is 9.86. The van der Waals surface area contributed by atoms with Gasteiger partial charge in [0.15, 0.2) is 0 Å². The summed E-state index contributed by atoms with van der Waals surface area (Å²) in [6.07, 6.45) is -1.63. The molecule has 39 heavy (non-hydrogen) atoms. The van der Waals surface area contributed by atoms with Crippen LogP contribution in [0.15, 0.2) is 82.6 Å². The Labute approximate surface area is 225 Å². The highest BCUT2D eigenvalue weighted by molar-refractivity contribution is 7.91. The molecule has 2 N–H and O–H groups in total. The fraction of sp³-hybridized carbons (Fsp3) is 0.231. The molecule has 0 saturated carbocycles. The van der Waals surface area contributed by atoms with E-state index in [2.05, 4.69) is 23.8 Å². The topological polar surface area (TPSA) is 163 Å². The number of nitrogens with one attached hydrogen (secondary N) is 2. The van der Waals surface area contributed by atoms with Gasteiger partial charge in [-0.25, -0.2) is 27.6 Å². The van der Waals surface area contributed by atoms with Crippen LogP contribution in [-0.2, 0) is 28.9 Å². The number of carbonyl (C=O) groups excluding carboxylic acids is 4. The normalized spacial score (nSPS) is 10.5. The van der Waals surface area contributed by atoms with Crippen molar-refractivity contribution in [3.63, 3.8) is 0 Å². The van der Waals surface area contributed by atoms with E-state index in [1.54, 1.807) is 0 Å². The maximum atomic E-state index is 12.9. The first-order chi connectivity index (χ1) is 18.4. The molecule has 0 unspecified atom stereocenters. The minimum atomic E-state index is -3.92. The zero-order valence-electron chi connectivity index (χ0n) is 21.4. The van der Waals surface area contributed by atoms with Gasteiger partial charge in [0.2, 0.25) is 9.84 Å². The minimum Gasteiger partial charge on any atom is -0.460 e. The van der Waals surface area contributed by atoms with E-state index >= 15 is 0 Å². The Balaban J connectivity index is 1.86. The minimum absolute atomic E-state index is 0.0105. The Kier molecular flexibility index (Phi) is 11.2. The Hall–Kier alpha value is -4.65. The molecule has 0 aliphatic heterocycles. The Morgan fingerprint density at radius 1 is 0.667 bits per heavy atom. The van der Waals surface area contributed by atoms with Gasteiger partial charge in [-0.2, -0.15) is 0 Å². The fourth-order valence-corrected chi connectivity index (χ4v) is 3.90. The third-order valence-corrected chi connectivity index (χ3v) is 6.38. The van der Waals surface area contributed by atoms with Crippen LogP contribution in [0.4, 0.5) is 9.59 Å². The van der Waals surface area contributed by atoms with Crippen molar-refractivity contribution in [2.45, 2.75) is 23.6 Å². The van der Waals surface area contributed by atoms with Crippen molar-refractivity contribution in [3.05, 3.63) is 72.8 Å². The second kappa shape index (κ2) is 14.3. The van der Waals surface area contributed by atoms with Crippen LogP contribution in [0.2, 0.25) is 0 Å². The first kappa shape index (κ1) is 30.6. The molecule has 0 atom stereocenters. The van der Waals surface area contributed by atoms with Crippen LogP contribution < -0.4 is 20.1 Å². The monoisotopic (exact) mass is 560 g/mol. The number of amides is 2. The van der Waals surface area contributed by atoms with Crippen molar-refractivity contribution in [1.29, 1.82) is 0 Å². The van der Waals surface area contributed by atoms with Crippen molar-refractivity contribution in [1.82, 2.24) is 10.6 Å². The van der Waals surface area contributed by atoms with E-state index in [4.69, 9.17) is 18.9 Å². The summed E-state index contributed by atoms with van der Waals surface area (Å²) in [5.74, 6) is -0.972. The molecule has 2 aromatic carbocycles. The van der Waals surface area contributed by atoms with Crippen LogP contribution in [0.1, 0.15) is 13.8 Å². The molecule has 0 heterocycles. The lowest BCUT2D eigenvalue weighted by Gasteiger charge is -2.10. The number of rotatable bonds is 12. The zero-order chi connectivity index (χ0) is 29.0. The lowest BCUT2D eigenvalue weighted by atomic mass is 10.3. The summed E-state index contributed by atoms with van der Waals surface area (Å²) in [4.78, 5) is 46.2. The third kappa shape index (κ3) is 9.97. The van der Waals surface area contributed by atoms with Crippen molar-refractivity contribution >= 4 is 34.0 Å². The molecule has 0 bridgehead atoms. The summed E-state index contributed by atoms with van der Waals surface area (Å²) in [7, 11) is -3.92. The average Bonchev–Trinajstić information content (AvgIpc) is 2.89. The first-order valence-corrected chi connectivity index (χ1v) is 12.9. The summed E-state index contributed by atoms with van der Waals surface area (Å²) in [6, 6.07) is 10.3. The number of ether oxygens (including phenoxy) is 4. The molecule has 12 nitrogen and oxygen atoms in total. The largest absolute Gasteiger partial charge is 0.460 e. The van der Waals surface area contributed by atoms with Gasteiger partial charge in [-0.3, -0.25) is 0 Å². The third-order valence-electron chi connectivity index (χ3n) is 4.60. The van der Waals surface area contributed by atoms with Crippen LogP contribution in [0.25, 0.3) is 0 Å². The molecule has 2 aromatic rings. The summed E-state index contributed by atoms with van der Waals surface area (Å²) < 4.78 is 45.7. The van der Waals surface area contributed by atoms with Gasteiger partial charge < -0.3 is 29.6 Å². The van der Waals surface area contributed by atoms with E-state index in [1.807, 2.05) is 0 Å². The molecule has 0 aromatic heterocycles. The van der Waals surface area contributed by atoms with Crippen LogP contribution in [0.3, 0.4) is 0 Å². The second-order valence-electron chi connectivity index (χ2n) is 7.91. The van der Waals surface area contributed by atoms with Crippen LogP contribution in [-0.4, -0.2) is 58.8 Å². The Bertz CT molecular complexity index is 1240. The van der Waals surface area contributed by atoms with Crippen molar-refractivity contribution in [2.24, 2.45) is 0 Å². The SMILES string of the molecule is C=C(C)C(=O)OCCNC(=O)Oc1ccc(S(=O)(=O)c2ccc(OC(=O)NCCOC(=O)C(=C)C)cc2)cc1. The predicted octanol–water partition coefficient (Wildman–Crippen LogP) is 2.93. The first-order valence-electron chi connectivity index (χ1n) is 11.4. The van der Waals surface area contributed by atoms with E-state index in [0.717, 1.165) is 0 Å². The molecule has 0 fully saturated rings. The van der Waals surface area contributed by atoms with Crippen LogP contribution >= 0.6 is 0 Å². The lowest BCUT2D eigenvalue weighted by Crippen LogP contribution is -2.30. The molecule has 0 aliphatic carbocycles. The molecule has 13 heteroatoms. The van der Waals surface area contributed by atoms with E-state index < -0.39 is 34.0 Å². The van der Waals surface area contributed by atoms with Gasteiger partial charge in [0, 0.05) is 11.1 Å². The van der Waals surface area contributed by atoms with E-state index in [9.17, 15) is 27.6 Å². The smallest absolute Gasteiger partial charge is 0.412 e. The maximum absolute atomic E-state index is 12.9. The highest BCUT2D eigenvalue weighted by Crippen LogP contribution is 2.25. The highest BCUT2D eigenvalue weighted by atomic mass is 32.2. The molecule has 0 aliphatic rings. The van der Waals surface area contributed by atoms with E-state index in [0.29, 0.717) is 0 Å². The van der Waals surface area contributed by atoms with Gasteiger partial charge in [0.25, 0.3) is 0 Å². The summed E-state index contributed by atoms with van der Waals surface area (Å²) in [5.41, 5.74) is 0.466. The molecular formula is C26H28N2O10S. The number of carbonyl (C=O) groups is 4. The predicted molar refractivity (Wildman–Crippen MR) is 138 cm³/mol. The Morgan fingerprint density at radius 3 is 1.31 bits per heavy atom. The quantitative estimate of drug-likeness (QED) is 0.224. The molecular weight excluding hydrogens is 532 g/mol. The van der Waals surface area contributed by atoms with Gasteiger partial charge in [-0.1, -0.05) is 13.2 Å². The lowest BCUT2D eigenvalue weighted by molar-refractivity contribution is -0.139. The van der Waals surface area contributed by atoms with Gasteiger partial charge in [-0.05, 0) is 62.4 Å². The van der Waals surface area contributed by atoms with Gasteiger partial charge in [-0.15, -0.1) is 0 Å². The summed E-state index contributed by atoms with van der Waals surface area (Å²) in [6.45, 7) is 9.75. The van der Waals surface area contributed by atoms with Crippen molar-refractivity contribution < 1.29 is 46.5 Å². The number of hydrogen-bond donors (Lipinski definition) is 2. The maximum Gasteiger partial charge on any atom is 0.412 e. The van der Waals surface area contributed by atoms with E-state index in [-0.39, 0.29) is 58.7 Å². The number of hydrogen-bond acceptors (Lipinski definition) is 10. The van der Waals surface area contributed by atoms with E-state index in [1.165, 1.54) is 62.4 Å². The molecule has 2 amide bonds. The van der Waals surface area contributed by atoms with Gasteiger partial charge >= 0.3 is 24.1 Å². The van der Waals surface area contributed by atoms with Crippen molar-refractivity contribution in [2.75, 3.05) is 26.3 Å². The zero-order valence-corrected chi connectivity index (χ0v) is 22.2. The summed E-state index contributed by atoms with van der Waals surface area (Å²) >= 11 is 0. The standard InChI is InChI=1S/C26H28N2O10S/c1-17(2)23(29)35-15-13-27-25(31)37-19-5-9-21(10-6-19)39(33,34)22-11-7-20(8-12-22)38-26(32)28-14-16-36-24(30)18(3)4/h5-12H,1,3,13-16H2,2,4H3,(H,27,31)(H,28,32). The molecule has 2 rings (SSSR count). The van der Waals surface area contributed by atoms with Crippen LogP contribution in [0, 0.1) is 0 Å². The molecule has 0 spiro atoms. The van der Waals surface area contributed by atoms with Gasteiger partial charge in [0.05, 0.1) is 22.9 Å². The molecule has 208 valence electrons.